The van der Waals surface area contributed by atoms with Crippen LogP contribution in [0.5, 0.6) is 0 Å². The molecule has 0 atom stereocenters. The van der Waals surface area contributed by atoms with Crippen LogP contribution in [0.15, 0.2) is 36.8 Å². The summed E-state index contributed by atoms with van der Waals surface area (Å²) in [4.78, 5) is 28.0. The standard InChI is InChI=1S/C28H37ClN6O/c1-20(2)33-14-16-34(17-15-33)28(10-5-4-6-11-28)19-32-27(36)22-18-35(25-21(3)8-7-12-30-25)26-24(22)23(29)9-13-31-26/h7-9,12-13,18,20H,4-6,10-11,14-17,19H2,1-3H3,(H,32,36). The van der Waals surface area contributed by atoms with Gasteiger partial charge in [0.15, 0.2) is 0 Å². The predicted octanol–water partition coefficient (Wildman–Crippen LogP) is 4.84. The molecule has 8 heteroatoms. The molecule has 4 heterocycles. The molecule has 2 aliphatic rings. The first-order valence-electron chi connectivity index (χ1n) is 13.2. The summed E-state index contributed by atoms with van der Waals surface area (Å²) in [7, 11) is 0. The monoisotopic (exact) mass is 508 g/mol. The van der Waals surface area contributed by atoms with Crippen molar-refractivity contribution in [3.63, 3.8) is 0 Å². The van der Waals surface area contributed by atoms with Crippen molar-refractivity contribution in [1.29, 1.82) is 0 Å². The summed E-state index contributed by atoms with van der Waals surface area (Å²) in [5, 5.41) is 4.52. The van der Waals surface area contributed by atoms with Gasteiger partial charge < -0.3 is 5.32 Å². The van der Waals surface area contributed by atoms with Crippen LogP contribution in [0.3, 0.4) is 0 Å². The van der Waals surface area contributed by atoms with E-state index in [9.17, 15) is 4.79 Å². The van der Waals surface area contributed by atoms with E-state index in [2.05, 4.69) is 38.9 Å². The Balaban J connectivity index is 1.41. The molecule has 192 valence electrons. The first-order chi connectivity index (χ1) is 17.4. The summed E-state index contributed by atoms with van der Waals surface area (Å²) >= 11 is 6.62. The maximum Gasteiger partial charge on any atom is 0.253 e. The summed E-state index contributed by atoms with van der Waals surface area (Å²) in [6, 6.07) is 6.23. The summed E-state index contributed by atoms with van der Waals surface area (Å²) in [5.41, 5.74) is 2.22. The van der Waals surface area contributed by atoms with Crippen molar-refractivity contribution in [2.75, 3.05) is 32.7 Å². The lowest BCUT2D eigenvalue weighted by Crippen LogP contribution is -2.62. The highest BCUT2D eigenvalue weighted by atomic mass is 35.5. The molecule has 1 amide bonds. The lowest BCUT2D eigenvalue weighted by Gasteiger charge is -2.50. The maximum atomic E-state index is 13.7. The van der Waals surface area contributed by atoms with Gasteiger partial charge in [0.25, 0.3) is 5.91 Å². The maximum absolute atomic E-state index is 13.7. The molecule has 5 rings (SSSR count). The van der Waals surface area contributed by atoms with Crippen LogP contribution in [0.4, 0.5) is 0 Å². The molecule has 0 spiro atoms. The highest BCUT2D eigenvalue weighted by Crippen LogP contribution is 2.35. The van der Waals surface area contributed by atoms with E-state index in [0.29, 0.717) is 34.2 Å². The zero-order chi connectivity index (χ0) is 25.3. The van der Waals surface area contributed by atoms with Gasteiger partial charge in [-0.15, -0.1) is 0 Å². The highest BCUT2D eigenvalue weighted by Gasteiger charge is 2.40. The summed E-state index contributed by atoms with van der Waals surface area (Å²) in [6.45, 7) is 11.5. The quantitative estimate of drug-likeness (QED) is 0.516. The van der Waals surface area contributed by atoms with Gasteiger partial charge in [-0.05, 0) is 51.3 Å². The second kappa shape index (κ2) is 10.5. The number of nitrogens with one attached hydrogen (secondary N) is 1. The topological polar surface area (TPSA) is 66.3 Å². The Morgan fingerprint density at radius 2 is 1.83 bits per heavy atom. The van der Waals surface area contributed by atoms with Crippen LogP contribution in [-0.4, -0.2) is 74.5 Å². The Morgan fingerprint density at radius 1 is 1.08 bits per heavy atom. The minimum atomic E-state index is -0.104. The number of piperazine rings is 1. The zero-order valence-corrected chi connectivity index (χ0v) is 22.4. The van der Waals surface area contributed by atoms with Gasteiger partial charge in [0.05, 0.1) is 16.0 Å². The van der Waals surface area contributed by atoms with E-state index in [4.69, 9.17) is 11.6 Å². The predicted molar refractivity (Wildman–Crippen MR) is 145 cm³/mol. The third-order valence-electron chi connectivity index (χ3n) is 8.17. The molecule has 1 aliphatic heterocycles. The number of fused-ring (bicyclic) bond motifs is 1. The molecule has 0 aromatic carbocycles. The Kier molecular flexibility index (Phi) is 7.33. The SMILES string of the molecule is Cc1cccnc1-n1cc(C(=O)NCC2(N3CCN(C(C)C)CC3)CCCCC2)c2c(Cl)ccnc21. The van der Waals surface area contributed by atoms with Crippen LogP contribution in [0.2, 0.25) is 5.02 Å². The minimum absolute atomic E-state index is 0.0228. The number of hydrogen-bond acceptors (Lipinski definition) is 5. The molecule has 1 aliphatic carbocycles. The Morgan fingerprint density at radius 3 is 2.53 bits per heavy atom. The second-order valence-corrected chi connectivity index (χ2v) is 11.0. The normalized spacial score (nSPS) is 19.1. The van der Waals surface area contributed by atoms with E-state index in [-0.39, 0.29) is 11.4 Å². The van der Waals surface area contributed by atoms with Gasteiger partial charge in [-0.2, -0.15) is 0 Å². The van der Waals surface area contributed by atoms with Crippen LogP contribution in [0.25, 0.3) is 16.9 Å². The van der Waals surface area contributed by atoms with Gasteiger partial charge in [0.2, 0.25) is 0 Å². The molecule has 7 nitrogen and oxygen atoms in total. The number of carbonyl (C=O) groups is 1. The van der Waals surface area contributed by atoms with Crippen molar-refractivity contribution < 1.29 is 4.79 Å². The number of hydrogen-bond donors (Lipinski definition) is 1. The Hall–Kier alpha value is -2.48. The van der Waals surface area contributed by atoms with Gasteiger partial charge in [-0.3, -0.25) is 19.2 Å². The van der Waals surface area contributed by atoms with Gasteiger partial charge in [0.1, 0.15) is 11.5 Å². The summed E-state index contributed by atoms with van der Waals surface area (Å²) in [6.07, 6.45) is 11.2. The lowest BCUT2D eigenvalue weighted by atomic mass is 9.79. The highest BCUT2D eigenvalue weighted by molar-refractivity contribution is 6.36. The number of carbonyl (C=O) groups excluding carboxylic acids is 1. The van der Waals surface area contributed by atoms with Crippen LogP contribution in [0, 0.1) is 6.92 Å². The fraction of sp³-hybridized carbons (Fsp3) is 0.536. The van der Waals surface area contributed by atoms with Crippen LogP contribution < -0.4 is 5.32 Å². The molecule has 3 aromatic heterocycles. The molecule has 3 aromatic rings. The van der Waals surface area contributed by atoms with E-state index in [1.807, 2.05) is 29.8 Å². The van der Waals surface area contributed by atoms with Crippen molar-refractivity contribution in [2.45, 2.75) is 64.5 Å². The van der Waals surface area contributed by atoms with Crippen LogP contribution in [0.1, 0.15) is 61.9 Å². The van der Waals surface area contributed by atoms with E-state index in [0.717, 1.165) is 50.4 Å². The number of pyridine rings is 2. The van der Waals surface area contributed by atoms with Crippen LogP contribution in [-0.2, 0) is 0 Å². The number of rotatable bonds is 6. The van der Waals surface area contributed by atoms with Gasteiger partial charge in [0, 0.05) is 62.9 Å². The van der Waals surface area contributed by atoms with E-state index >= 15 is 0 Å². The molecule has 1 saturated carbocycles. The summed E-state index contributed by atoms with van der Waals surface area (Å²) < 4.78 is 1.88. The van der Waals surface area contributed by atoms with E-state index in [1.54, 1.807) is 18.5 Å². The molecular formula is C28H37ClN6O. The average molecular weight is 509 g/mol. The molecule has 0 bridgehead atoms. The molecule has 1 N–H and O–H groups in total. The van der Waals surface area contributed by atoms with Crippen LogP contribution >= 0.6 is 11.6 Å². The smallest absolute Gasteiger partial charge is 0.253 e. The van der Waals surface area contributed by atoms with Crippen molar-refractivity contribution in [1.82, 2.24) is 29.7 Å². The second-order valence-electron chi connectivity index (χ2n) is 10.6. The third-order valence-corrected chi connectivity index (χ3v) is 8.48. The van der Waals surface area contributed by atoms with Crippen molar-refractivity contribution in [2.24, 2.45) is 0 Å². The zero-order valence-electron chi connectivity index (χ0n) is 21.6. The average Bonchev–Trinajstić information content (AvgIpc) is 3.29. The van der Waals surface area contributed by atoms with Crippen molar-refractivity contribution in [3.8, 4) is 5.82 Å². The first-order valence-corrected chi connectivity index (χ1v) is 13.6. The van der Waals surface area contributed by atoms with Gasteiger partial charge >= 0.3 is 0 Å². The first kappa shape index (κ1) is 25.2. The number of aryl methyl sites for hydroxylation is 1. The molecular weight excluding hydrogens is 472 g/mol. The molecule has 0 radical (unpaired) electrons. The van der Waals surface area contributed by atoms with Gasteiger partial charge in [-0.25, -0.2) is 9.97 Å². The fourth-order valence-corrected chi connectivity index (χ4v) is 6.29. The third kappa shape index (κ3) is 4.76. The minimum Gasteiger partial charge on any atom is -0.350 e. The molecule has 0 unspecified atom stereocenters. The molecule has 2 fully saturated rings. The number of aromatic nitrogens is 3. The Bertz CT molecular complexity index is 1220. The number of nitrogens with zero attached hydrogens (tertiary/aromatic N) is 5. The Labute approximate surface area is 218 Å². The van der Waals surface area contributed by atoms with E-state index in [1.165, 1.54) is 19.3 Å². The number of amides is 1. The lowest BCUT2D eigenvalue weighted by molar-refractivity contribution is 0.000839. The largest absolute Gasteiger partial charge is 0.350 e. The fourth-order valence-electron chi connectivity index (χ4n) is 6.05. The molecule has 1 saturated heterocycles. The molecule has 36 heavy (non-hydrogen) atoms. The van der Waals surface area contributed by atoms with Crippen molar-refractivity contribution >= 4 is 28.5 Å². The number of halogens is 1. The van der Waals surface area contributed by atoms with Gasteiger partial charge in [-0.1, -0.05) is 36.9 Å². The summed E-state index contributed by atoms with van der Waals surface area (Å²) in [5.74, 6) is 0.649. The van der Waals surface area contributed by atoms with Crippen molar-refractivity contribution in [3.05, 3.63) is 52.9 Å². The van der Waals surface area contributed by atoms with E-state index < -0.39 is 0 Å².